The third kappa shape index (κ3) is 2.82. The van der Waals surface area contributed by atoms with Crippen molar-refractivity contribution in [3.8, 4) is 16.9 Å². The molecular formula is C32H30BNO2. The molecule has 0 fully saturated rings. The highest BCUT2D eigenvalue weighted by Crippen LogP contribution is 2.52. The molecule has 0 N–H and O–H groups in total. The first-order valence-corrected chi connectivity index (χ1v) is 12.9. The molecule has 4 aromatic rings. The molecule has 2 atom stereocenters. The van der Waals surface area contributed by atoms with Gasteiger partial charge in [0, 0.05) is 28.1 Å². The van der Waals surface area contributed by atoms with E-state index in [1.54, 1.807) is 0 Å². The Bertz CT molecular complexity index is 1540. The highest BCUT2D eigenvalue weighted by molar-refractivity contribution is 6.91. The van der Waals surface area contributed by atoms with Crippen molar-refractivity contribution in [2.45, 2.75) is 52.1 Å². The molecule has 7 rings (SSSR count). The summed E-state index contributed by atoms with van der Waals surface area (Å²) in [7, 11) is 0. The number of allylic oxidation sites excluding steroid dienone is 1. The van der Waals surface area contributed by atoms with Crippen LogP contribution in [-0.4, -0.2) is 12.7 Å². The van der Waals surface area contributed by atoms with Gasteiger partial charge in [-0.15, -0.1) is 0 Å². The molecule has 4 heterocycles. The molecule has 0 amide bonds. The summed E-state index contributed by atoms with van der Waals surface area (Å²) < 4.78 is 13.5. The first-order valence-electron chi connectivity index (χ1n) is 12.9. The molecule has 0 aliphatic carbocycles. The van der Waals surface area contributed by atoms with Gasteiger partial charge in [-0.1, -0.05) is 69.3 Å². The van der Waals surface area contributed by atoms with Crippen LogP contribution in [0, 0.1) is 6.92 Å². The van der Waals surface area contributed by atoms with E-state index in [4.69, 9.17) is 9.15 Å². The number of nitrogens with zero attached hydrogens (tertiary/aromatic N) is 1. The van der Waals surface area contributed by atoms with Crippen LogP contribution in [0.15, 0.2) is 77.2 Å². The highest BCUT2D eigenvalue weighted by atomic mass is 16.5. The van der Waals surface area contributed by atoms with Gasteiger partial charge < -0.3 is 14.1 Å². The lowest BCUT2D eigenvalue weighted by Gasteiger charge is -2.42. The van der Waals surface area contributed by atoms with Gasteiger partial charge in [-0.3, -0.25) is 0 Å². The van der Waals surface area contributed by atoms with Crippen LogP contribution in [0.25, 0.3) is 17.2 Å². The number of ether oxygens (including phenoxy) is 1. The molecule has 1 aromatic heterocycles. The number of hydrogen-bond donors (Lipinski definition) is 0. The second kappa shape index (κ2) is 7.43. The molecule has 3 aliphatic heterocycles. The Kier molecular flexibility index (Phi) is 4.46. The van der Waals surface area contributed by atoms with E-state index in [1.807, 2.05) is 6.92 Å². The summed E-state index contributed by atoms with van der Waals surface area (Å²) in [6.07, 6.45) is 4.14. The van der Waals surface area contributed by atoms with Crippen molar-refractivity contribution >= 4 is 35.3 Å². The van der Waals surface area contributed by atoms with Gasteiger partial charge in [-0.25, -0.2) is 0 Å². The fourth-order valence-corrected chi connectivity index (χ4v) is 6.46. The van der Waals surface area contributed by atoms with Crippen LogP contribution in [0.3, 0.4) is 0 Å². The molecule has 3 aliphatic rings. The largest absolute Gasteiger partial charge is 0.495 e. The fourth-order valence-electron chi connectivity index (χ4n) is 6.46. The van der Waals surface area contributed by atoms with Crippen molar-refractivity contribution in [2.24, 2.45) is 0 Å². The molecule has 3 nitrogen and oxygen atoms in total. The van der Waals surface area contributed by atoms with Crippen LogP contribution in [0.1, 0.15) is 56.2 Å². The molecule has 4 heteroatoms. The first-order chi connectivity index (χ1) is 17.4. The minimum atomic E-state index is -0.0698. The Hall–Kier alpha value is -3.66. The summed E-state index contributed by atoms with van der Waals surface area (Å²) in [5, 5.41) is 0. The van der Waals surface area contributed by atoms with Gasteiger partial charge in [0.05, 0.1) is 11.7 Å². The maximum atomic E-state index is 6.80. The van der Waals surface area contributed by atoms with E-state index < -0.39 is 0 Å². The average molecular weight is 471 g/mol. The van der Waals surface area contributed by atoms with Crippen LogP contribution < -0.4 is 20.8 Å². The van der Waals surface area contributed by atoms with Crippen molar-refractivity contribution in [2.75, 3.05) is 4.90 Å². The first kappa shape index (κ1) is 21.6. The Labute approximate surface area is 213 Å². The number of fused-ring (bicyclic) bond motifs is 7. The monoisotopic (exact) mass is 471 g/mol. The Morgan fingerprint density at radius 3 is 2.47 bits per heavy atom. The van der Waals surface area contributed by atoms with Crippen molar-refractivity contribution in [1.29, 1.82) is 0 Å². The van der Waals surface area contributed by atoms with Crippen LogP contribution in [-0.2, 0) is 5.41 Å². The Morgan fingerprint density at radius 1 is 0.972 bits per heavy atom. The number of anilines is 2. The second-order valence-electron chi connectivity index (χ2n) is 11.3. The van der Waals surface area contributed by atoms with Crippen molar-refractivity contribution < 1.29 is 9.15 Å². The predicted octanol–water partition coefficient (Wildman–Crippen LogP) is 6.70. The summed E-state index contributed by atoms with van der Waals surface area (Å²) in [6.45, 7) is 11.2. The third-order valence-corrected chi connectivity index (χ3v) is 8.13. The molecule has 0 radical (unpaired) electrons. The van der Waals surface area contributed by atoms with E-state index in [-0.39, 0.29) is 24.2 Å². The molecule has 0 spiro atoms. The van der Waals surface area contributed by atoms with Gasteiger partial charge in [0.1, 0.15) is 17.5 Å². The van der Waals surface area contributed by atoms with Crippen LogP contribution in [0.2, 0.25) is 0 Å². The molecule has 36 heavy (non-hydrogen) atoms. The normalized spacial score (nSPS) is 19.2. The SMILES string of the molecule is C/C=C\c1oc2c(c1C)-c1cc(C(C)(C)C)cc3c1B2C1Oc2ccccc2C1N3c1ccccc1. The standard InChI is InChI=1S/C32H30BNO2/c1-6-12-25-19(2)27-23-17-20(32(3,4)5)18-24-28(23)33(30(27)35-25)31-29(22-15-10-11-16-26(22)36-31)34(24)21-13-8-7-9-14-21/h6-18,29,31H,1-5H3/b12-6-. The molecular weight excluding hydrogens is 441 g/mol. The summed E-state index contributed by atoms with van der Waals surface area (Å²) in [5.41, 5.74) is 11.2. The second-order valence-corrected chi connectivity index (χ2v) is 11.3. The summed E-state index contributed by atoms with van der Waals surface area (Å²) in [4.78, 5) is 2.52. The zero-order valence-electron chi connectivity index (χ0n) is 21.5. The smallest absolute Gasteiger partial charge is 0.309 e. The topological polar surface area (TPSA) is 25.6 Å². The van der Waals surface area contributed by atoms with Crippen LogP contribution in [0.5, 0.6) is 5.75 Å². The highest BCUT2D eigenvalue weighted by Gasteiger charge is 2.57. The molecule has 178 valence electrons. The van der Waals surface area contributed by atoms with Crippen LogP contribution in [0.4, 0.5) is 11.4 Å². The van der Waals surface area contributed by atoms with Gasteiger partial charge >= 0.3 is 6.71 Å². The van der Waals surface area contributed by atoms with E-state index in [9.17, 15) is 0 Å². The number of hydrogen-bond acceptors (Lipinski definition) is 3. The Morgan fingerprint density at radius 2 is 1.72 bits per heavy atom. The van der Waals surface area contributed by atoms with Gasteiger partial charge in [-0.2, -0.15) is 0 Å². The van der Waals surface area contributed by atoms with Crippen LogP contribution >= 0.6 is 0 Å². The van der Waals surface area contributed by atoms with Gasteiger partial charge in [-0.05, 0) is 66.2 Å². The van der Waals surface area contributed by atoms with Gasteiger partial charge in [0.15, 0.2) is 0 Å². The van der Waals surface area contributed by atoms with Crippen molar-refractivity contribution in [3.05, 3.63) is 95.3 Å². The van der Waals surface area contributed by atoms with E-state index in [1.165, 1.54) is 44.7 Å². The lowest BCUT2D eigenvalue weighted by atomic mass is 9.38. The molecule has 0 bridgehead atoms. The number of rotatable bonds is 2. The lowest BCUT2D eigenvalue weighted by Crippen LogP contribution is -2.59. The van der Waals surface area contributed by atoms with E-state index in [2.05, 4.69) is 111 Å². The van der Waals surface area contributed by atoms with E-state index in [0.717, 1.165) is 17.2 Å². The maximum absolute atomic E-state index is 6.80. The minimum absolute atomic E-state index is 0.0108. The number of benzene rings is 3. The predicted molar refractivity (Wildman–Crippen MR) is 149 cm³/mol. The summed E-state index contributed by atoms with van der Waals surface area (Å²) in [5.74, 6) is 1.93. The van der Waals surface area contributed by atoms with Gasteiger partial charge in [0.2, 0.25) is 0 Å². The molecule has 3 aromatic carbocycles. The minimum Gasteiger partial charge on any atom is -0.495 e. The van der Waals surface area contributed by atoms with Crippen molar-refractivity contribution in [1.82, 2.24) is 0 Å². The number of para-hydroxylation sites is 2. The van der Waals surface area contributed by atoms with E-state index >= 15 is 0 Å². The average Bonchev–Trinajstić information content (AvgIpc) is 3.50. The van der Waals surface area contributed by atoms with E-state index in [0.29, 0.717) is 0 Å². The quantitative estimate of drug-likeness (QED) is 0.304. The summed E-state index contributed by atoms with van der Waals surface area (Å²) in [6, 6.07) is 24.1. The zero-order chi connectivity index (χ0) is 24.8. The third-order valence-electron chi connectivity index (χ3n) is 8.13. The zero-order valence-corrected chi connectivity index (χ0v) is 21.5. The molecule has 0 saturated carbocycles. The summed E-state index contributed by atoms with van der Waals surface area (Å²) >= 11 is 0. The Balaban J connectivity index is 1.59. The lowest BCUT2D eigenvalue weighted by molar-refractivity contribution is 0.281. The fraction of sp³-hybridized carbons (Fsp3) is 0.250. The molecule has 2 unspecified atom stereocenters. The maximum Gasteiger partial charge on any atom is 0.309 e. The molecule has 0 saturated heterocycles. The van der Waals surface area contributed by atoms with Gasteiger partial charge in [0.25, 0.3) is 0 Å². The van der Waals surface area contributed by atoms with Crippen molar-refractivity contribution in [3.63, 3.8) is 0 Å². The number of furan rings is 1.